The maximum Gasteiger partial charge on any atom is -0.0132 e. The molecule has 3 aliphatic carbocycles. The molecule has 0 saturated heterocycles. The first kappa shape index (κ1) is 14.4. The first-order valence-corrected chi connectivity index (χ1v) is 9.10. The van der Waals surface area contributed by atoms with Crippen LogP contribution in [0.1, 0.15) is 72.1 Å². The van der Waals surface area contributed by atoms with E-state index in [1.54, 1.807) is 11.1 Å². The van der Waals surface area contributed by atoms with E-state index in [0.717, 1.165) is 29.6 Å². The third kappa shape index (κ3) is 2.51. The smallest absolute Gasteiger partial charge is 0.0132 e. The van der Waals surface area contributed by atoms with Crippen LogP contribution in [0.3, 0.4) is 0 Å². The Morgan fingerprint density at radius 2 is 1.85 bits per heavy atom. The molecule has 0 aliphatic heterocycles. The Bertz CT molecular complexity index is 396. The van der Waals surface area contributed by atoms with E-state index in [4.69, 9.17) is 0 Å². The van der Waals surface area contributed by atoms with E-state index in [9.17, 15) is 0 Å². The van der Waals surface area contributed by atoms with E-state index in [-0.39, 0.29) is 0 Å². The predicted molar refractivity (Wildman–Crippen MR) is 87.6 cm³/mol. The molecule has 0 bridgehead atoms. The fourth-order valence-electron chi connectivity index (χ4n) is 5.05. The van der Waals surface area contributed by atoms with Crippen molar-refractivity contribution >= 4 is 0 Å². The lowest BCUT2D eigenvalue weighted by atomic mass is 9.63. The van der Waals surface area contributed by atoms with E-state index < -0.39 is 0 Å². The van der Waals surface area contributed by atoms with Gasteiger partial charge in [0, 0.05) is 0 Å². The highest BCUT2D eigenvalue weighted by Crippen LogP contribution is 2.50. The maximum atomic E-state index is 2.63. The van der Waals surface area contributed by atoms with Crippen molar-refractivity contribution in [1.82, 2.24) is 0 Å². The van der Waals surface area contributed by atoms with Gasteiger partial charge in [-0.1, -0.05) is 50.8 Å². The molecule has 112 valence electrons. The lowest BCUT2D eigenvalue weighted by Crippen LogP contribution is -2.33. The van der Waals surface area contributed by atoms with E-state index in [0.29, 0.717) is 0 Å². The van der Waals surface area contributed by atoms with E-state index >= 15 is 0 Å². The average molecular weight is 272 g/mol. The second-order valence-electron chi connectivity index (χ2n) is 7.63. The number of hydrogen-bond donors (Lipinski definition) is 0. The zero-order chi connectivity index (χ0) is 14.1. The molecule has 0 aromatic heterocycles. The van der Waals surface area contributed by atoms with Crippen molar-refractivity contribution in [1.29, 1.82) is 0 Å². The van der Waals surface area contributed by atoms with Gasteiger partial charge in [-0.25, -0.2) is 0 Å². The molecule has 3 rings (SSSR count). The van der Waals surface area contributed by atoms with E-state index in [1.165, 1.54) is 51.4 Å². The second kappa shape index (κ2) is 6.08. The van der Waals surface area contributed by atoms with Crippen molar-refractivity contribution in [2.24, 2.45) is 29.6 Å². The number of rotatable bonds is 2. The third-order valence-electron chi connectivity index (χ3n) is 6.72. The summed E-state index contributed by atoms with van der Waals surface area (Å²) < 4.78 is 0. The Morgan fingerprint density at radius 3 is 2.50 bits per heavy atom. The van der Waals surface area contributed by atoms with Crippen molar-refractivity contribution in [2.75, 3.05) is 0 Å². The summed E-state index contributed by atoms with van der Waals surface area (Å²) in [7, 11) is 0. The maximum absolute atomic E-state index is 2.63. The van der Waals surface area contributed by atoms with Gasteiger partial charge in [0.05, 0.1) is 0 Å². The van der Waals surface area contributed by atoms with E-state index in [1.807, 2.05) is 0 Å². The van der Waals surface area contributed by atoms with Gasteiger partial charge in [0.1, 0.15) is 0 Å². The van der Waals surface area contributed by atoms with Crippen LogP contribution in [-0.4, -0.2) is 0 Å². The fraction of sp³-hybridized carbons (Fsp3) is 0.800. The van der Waals surface area contributed by atoms with Crippen molar-refractivity contribution in [3.63, 3.8) is 0 Å². The highest BCUT2D eigenvalue weighted by molar-refractivity contribution is 5.31. The molecule has 0 aromatic carbocycles. The molecule has 0 N–H and O–H groups in total. The molecule has 0 amide bonds. The minimum Gasteiger partial charge on any atom is -0.0806 e. The summed E-state index contributed by atoms with van der Waals surface area (Å²) in [5.41, 5.74) is 3.38. The second-order valence-corrected chi connectivity index (χ2v) is 7.63. The van der Waals surface area contributed by atoms with Crippen LogP contribution in [0, 0.1) is 29.6 Å². The van der Waals surface area contributed by atoms with Crippen LogP contribution in [0.25, 0.3) is 0 Å². The lowest BCUT2D eigenvalue weighted by Gasteiger charge is -2.42. The zero-order valence-electron chi connectivity index (χ0n) is 13.7. The predicted octanol–water partition coefficient (Wildman–Crippen LogP) is 6.14. The van der Waals surface area contributed by atoms with Crippen molar-refractivity contribution < 1.29 is 0 Å². The molecule has 0 nitrogen and oxygen atoms in total. The van der Waals surface area contributed by atoms with Gasteiger partial charge in [0.25, 0.3) is 0 Å². The van der Waals surface area contributed by atoms with Crippen molar-refractivity contribution in [3.05, 3.63) is 23.3 Å². The van der Waals surface area contributed by atoms with Gasteiger partial charge in [-0.15, -0.1) is 0 Å². The summed E-state index contributed by atoms with van der Waals surface area (Å²) in [6, 6.07) is 0. The molecule has 0 aromatic rings. The van der Waals surface area contributed by atoms with Gasteiger partial charge in [-0.2, -0.15) is 0 Å². The molecule has 2 saturated carbocycles. The highest BCUT2D eigenvalue weighted by atomic mass is 14.4. The third-order valence-corrected chi connectivity index (χ3v) is 6.72. The van der Waals surface area contributed by atoms with Gasteiger partial charge >= 0.3 is 0 Å². The number of fused-ring (bicyclic) bond motifs is 1. The van der Waals surface area contributed by atoms with Crippen LogP contribution < -0.4 is 0 Å². The number of hydrogen-bond acceptors (Lipinski definition) is 0. The minimum absolute atomic E-state index is 0.872. The Hall–Kier alpha value is -0.520. The molecule has 4 atom stereocenters. The first-order chi connectivity index (χ1) is 9.72. The molecule has 0 spiro atoms. The molecule has 0 heteroatoms. The SMILES string of the molecule is CCC(C)=C1C=CC(C2CCC2)C(C)C2CCCCC12. The fourth-order valence-corrected chi connectivity index (χ4v) is 5.05. The average Bonchev–Trinajstić information content (AvgIpc) is 2.56. The molecular formula is C20H32. The Balaban J connectivity index is 1.93. The summed E-state index contributed by atoms with van der Waals surface area (Å²) in [6.45, 7) is 7.27. The Morgan fingerprint density at radius 1 is 1.10 bits per heavy atom. The first-order valence-electron chi connectivity index (χ1n) is 9.10. The monoisotopic (exact) mass is 272 g/mol. The Labute approximate surface area is 125 Å². The highest BCUT2D eigenvalue weighted by Gasteiger charge is 2.40. The van der Waals surface area contributed by atoms with Crippen molar-refractivity contribution in [2.45, 2.75) is 72.1 Å². The van der Waals surface area contributed by atoms with Crippen LogP contribution in [-0.2, 0) is 0 Å². The van der Waals surface area contributed by atoms with E-state index in [2.05, 4.69) is 32.9 Å². The van der Waals surface area contributed by atoms with Gasteiger partial charge in [0.2, 0.25) is 0 Å². The van der Waals surface area contributed by atoms with Crippen LogP contribution in [0.4, 0.5) is 0 Å². The quantitative estimate of drug-likeness (QED) is 0.566. The van der Waals surface area contributed by atoms with Crippen LogP contribution in [0.2, 0.25) is 0 Å². The summed E-state index contributed by atoms with van der Waals surface area (Å²) in [5.74, 6) is 4.62. The molecule has 4 unspecified atom stereocenters. The van der Waals surface area contributed by atoms with Gasteiger partial charge in [-0.05, 0) is 74.2 Å². The lowest BCUT2D eigenvalue weighted by molar-refractivity contribution is 0.110. The summed E-state index contributed by atoms with van der Waals surface area (Å²) in [5, 5.41) is 0. The summed E-state index contributed by atoms with van der Waals surface area (Å²) in [6.07, 6.45) is 16.7. The van der Waals surface area contributed by atoms with Gasteiger partial charge < -0.3 is 0 Å². The molecule has 3 aliphatic rings. The topological polar surface area (TPSA) is 0 Å². The Kier molecular flexibility index (Phi) is 4.38. The molecule has 0 heterocycles. The molecular weight excluding hydrogens is 240 g/mol. The summed E-state index contributed by atoms with van der Waals surface area (Å²) in [4.78, 5) is 0. The van der Waals surface area contributed by atoms with Crippen LogP contribution in [0.5, 0.6) is 0 Å². The zero-order valence-corrected chi connectivity index (χ0v) is 13.7. The van der Waals surface area contributed by atoms with Gasteiger partial charge in [0.15, 0.2) is 0 Å². The molecule has 2 fully saturated rings. The van der Waals surface area contributed by atoms with Crippen LogP contribution >= 0.6 is 0 Å². The van der Waals surface area contributed by atoms with Crippen molar-refractivity contribution in [3.8, 4) is 0 Å². The van der Waals surface area contributed by atoms with Crippen LogP contribution in [0.15, 0.2) is 23.3 Å². The van der Waals surface area contributed by atoms with Gasteiger partial charge in [-0.3, -0.25) is 0 Å². The number of allylic oxidation sites excluding steroid dienone is 4. The molecule has 20 heavy (non-hydrogen) atoms. The minimum atomic E-state index is 0.872. The molecule has 0 radical (unpaired) electrons. The normalized spacial score (nSPS) is 40.8. The standard InChI is InChI=1S/C20H32/c1-4-14(2)17-12-13-18(16-8-7-9-16)15(3)19-10-5-6-11-20(17)19/h12-13,15-16,18-20H,4-11H2,1-3H3. The summed E-state index contributed by atoms with van der Waals surface area (Å²) >= 11 is 0. The largest absolute Gasteiger partial charge is 0.0806 e.